The maximum atomic E-state index is 4.32. The maximum Gasteiger partial charge on any atom is 0.0795 e. The van der Waals surface area contributed by atoms with E-state index < -0.39 is 0 Å². The van der Waals surface area contributed by atoms with Crippen LogP contribution in [0.4, 0.5) is 0 Å². The molecule has 2 atom stereocenters. The molecule has 1 aliphatic carbocycles. The average Bonchev–Trinajstić information content (AvgIpc) is 2.72. The summed E-state index contributed by atoms with van der Waals surface area (Å²) in [5.41, 5.74) is 3.07. The van der Waals surface area contributed by atoms with Crippen molar-refractivity contribution in [3.8, 4) is 0 Å². The Hall–Kier alpha value is -0.670. The highest BCUT2D eigenvalue weighted by atomic mass is 32.1. The van der Waals surface area contributed by atoms with Gasteiger partial charge < -0.3 is 5.32 Å². The van der Waals surface area contributed by atoms with E-state index in [-0.39, 0.29) is 0 Å². The Balaban J connectivity index is 1.88. The Kier molecular flexibility index (Phi) is 3.32. The molecule has 0 aromatic carbocycles. The minimum Gasteiger partial charge on any atom is -0.306 e. The lowest BCUT2D eigenvalue weighted by Gasteiger charge is -2.23. The van der Waals surface area contributed by atoms with E-state index in [1.807, 2.05) is 5.51 Å². The van der Waals surface area contributed by atoms with E-state index >= 15 is 0 Å². The van der Waals surface area contributed by atoms with E-state index in [0.717, 1.165) is 6.42 Å². The zero-order chi connectivity index (χ0) is 9.80. The van der Waals surface area contributed by atoms with Crippen LogP contribution in [-0.4, -0.2) is 11.0 Å². The fourth-order valence-electron chi connectivity index (χ4n) is 1.82. The van der Waals surface area contributed by atoms with Gasteiger partial charge in [-0.3, -0.25) is 0 Å². The molecule has 0 fully saturated rings. The second-order valence-corrected chi connectivity index (χ2v) is 4.50. The topological polar surface area (TPSA) is 24.9 Å². The predicted molar refractivity (Wildman–Crippen MR) is 60.4 cm³/mol. The molecule has 0 spiro atoms. The monoisotopic (exact) mass is 208 g/mol. The number of hydrogen-bond donors (Lipinski definition) is 1. The highest BCUT2D eigenvalue weighted by molar-refractivity contribution is 7.07. The number of aromatic nitrogens is 1. The van der Waals surface area contributed by atoms with E-state index in [9.17, 15) is 0 Å². The van der Waals surface area contributed by atoms with Crippen molar-refractivity contribution in [3.05, 3.63) is 28.7 Å². The number of nitrogens with one attached hydrogen (secondary N) is 1. The van der Waals surface area contributed by atoms with Gasteiger partial charge in [-0.05, 0) is 26.2 Å². The summed E-state index contributed by atoms with van der Waals surface area (Å²) >= 11 is 1.66. The zero-order valence-corrected chi connectivity index (χ0v) is 9.26. The summed E-state index contributed by atoms with van der Waals surface area (Å²) in [6.45, 7) is 2.19. The van der Waals surface area contributed by atoms with E-state index in [0.29, 0.717) is 12.1 Å². The third-order valence-electron chi connectivity index (χ3n) is 2.65. The molecule has 0 amide bonds. The lowest BCUT2D eigenvalue weighted by atomic mass is 10.0. The van der Waals surface area contributed by atoms with Gasteiger partial charge in [0, 0.05) is 17.5 Å². The van der Waals surface area contributed by atoms with Crippen LogP contribution in [-0.2, 0) is 0 Å². The van der Waals surface area contributed by atoms with Gasteiger partial charge in [-0.2, -0.15) is 0 Å². The Bertz CT molecular complexity index is 292. The molecule has 1 N–H and O–H groups in total. The molecule has 1 aromatic heterocycles. The number of nitrogens with zero attached hydrogens (tertiary/aromatic N) is 1. The maximum absolute atomic E-state index is 4.32. The number of rotatable bonds is 3. The first kappa shape index (κ1) is 9.87. The van der Waals surface area contributed by atoms with Gasteiger partial charge in [0.05, 0.1) is 11.2 Å². The summed E-state index contributed by atoms with van der Waals surface area (Å²) in [5.74, 6) is 0. The second kappa shape index (κ2) is 4.71. The first-order chi connectivity index (χ1) is 6.86. The molecule has 1 heterocycles. The molecular formula is C11H16N2S. The van der Waals surface area contributed by atoms with Gasteiger partial charge >= 0.3 is 0 Å². The average molecular weight is 208 g/mol. The van der Waals surface area contributed by atoms with Gasteiger partial charge in [0.1, 0.15) is 0 Å². The molecule has 2 unspecified atom stereocenters. The molecule has 3 heteroatoms. The number of allylic oxidation sites excluding steroid dienone is 1. The molecule has 1 aliphatic rings. The summed E-state index contributed by atoms with van der Waals surface area (Å²) in [5, 5.41) is 5.74. The van der Waals surface area contributed by atoms with Crippen molar-refractivity contribution in [1.29, 1.82) is 0 Å². The Labute approximate surface area is 89.1 Å². The van der Waals surface area contributed by atoms with Crippen LogP contribution in [0.25, 0.3) is 0 Å². The molecule has 1 aromatic rings. The summed E-state index contributed by atoms with van der Waals surface area (Å²) in [6.07, 6.45) is 8.17. The van der Waals surface area contributed by atoms with Crippen LogP contribution >= 0.6 is 11.3 Å². The van der Waals surface area contributed by atoms with E-state index in [2.05, 4.69) is 34.8 Å². The van der Waals surface area contributed by atoms with Gasteiger partial charge in [0.15, 0.2) is 0 Å². The van der Waals surface area contributed by atoms with Crippen molar-refractivity contribution in [2.24, 2.45) is 0 Å². The molecule has 76 valence electrons. The van der Waals surface area contributed by atoms with Gasteiger partial charge in [-0.25, -0.2) is 4.98 Å². The van der Waals surface area contributed by atoms with Crippen molar-refractivity contribution in [2.45, 2.75) is 38.3 Å². The third kappa shape index (κ3) is 2.42. The minimum absolute atomic E-state index is 0.387. The molecule has 0 radical (unpaired) electrons. The standard InChI is InChI=1S/C11H16N2S/c1-9(11-7-14-8-12-11)13-10-5-3-2-4-6-10/h2-3,7-10,13H,4-6H2,1H3. The first-order valence-corrected chi connectivity index (χ1v) is 6.09. The van der Waals surface area contributed by atoms with Crippen LogP contribution in [0.5, 0.6) is 0 Å². The van der Waals surface area contributed by atoms with Gasteiger partial charge in [-0.15, -0.1) is 11.3 Å². The predicted octanol–water partition coefficient (Wildman–Crippen LogP) is 2.90. The van der Waals surface area contributed by atoms with Crippen molar-refractivity contribution in [2.75, 3.05) is 0 Å². The largest absolute Gasteiger partial charge is 0.306 e. The highest BCUT2D eigenvalue weighted by Crippen LogP contribution is 2.17. The number of hydrogen-bond acceptors (Lipinski definition) is 3. The Morgan fingerprint density at radius 1 is 1.57 bits per heavy atom. The lowest BCUT2D eigenvalue weighted by molar-refractivity contribution is 0.422. The molecule has 2 nitrogen and oxygen atoms in total. The van der Waals surface area contributed by atoms with Crippen LogP contribution in [0.1, 0.15) is 37.9 Å². The summed E-state index contributed by atoms with van der Waals surface area (Å²) < 4.78 is 0. The summed E-state index contributed by atoms with van der Waals surface area (Å²) in [6, 6.07) is 1.02. The highest BCUT2D eigenvalue weighted by Gasteiger charge is 2.14. The SMILES string of the molecule is CC(NC1CC=CCC1)c1cscn1. The fraction of sp³-hybridized carbons (Fsp3) is 0.545. The smallest absolute Gasteiger partial charge is 0.0795 e. The van der Waals surface area contributed by atoms with Gasteiger partial charge in [-0.1, -0.05) is 12.2 Å². The molecule has 0 bridgehead atoms. The van der Waals surface area contributed by atoms with Crippen LogP contribution in [0.2, 0.25) is 0 Å². The quantitative estimate of drug-likeness (QED) is 0.773. The van der Waals surface area contributed by atoms with Crippen molar-refractivity contribution >= 4 is 11.3 Å². The minimum atomic E-state index is 0.387. The van der Waals surface area contributed by atoms with Crippen molar-refractivity contribution < 1.29 is 0 Å². The first-order valence-electron chi connectivity index (χ1n) is 5.15. The molecule has 2 rings (SSSR count). The molecule has 14 heavy (non-hydrogen) atoms. The van der Waals surface area contributed by atoms with E-state index in [4.69, 9.17) is 0 Å². The number of thiazole rings is 1. The molecular weight excluding hydrogens is 192 g/mol. The Morgan fingerprint density at radius 2 is 2.50 bits per heavy atom. The molecule has 0 saturated heterocycles. The van der Waals surface area contributed by atoms with Gasteiger partial charge in [0.25, 0.3) is 0 Å². The summed E-state index contributed by atoms with van der Waals surface area (Å²) in [7, 11) is 0. The van der Waals surface area contributed by atoms with Crippen molar-refractivity contribution in [3.63, 3.8) is 0 Å². The van der Waals surface area contributed by atoms with Crippen LogP contribution < -0.4 is 5.32 Å². The van der Waals surface area contributed by atoms with Crippen molar-refractivity contribution in [1.82, 2.24) is 10.3 Å². The Morgan fingerprint density at radius 3 is 3.14 bits per heavy atom. The van der Waals surface area contributed by atoms with Crippen LogP contribution in [0.15, 0.2) is 23.0 Å². The van der Waals surface area contributed by atoms with E-state index in [1.54, 1.807) is 11.3 Å². The van der Waals surface area contributed by atoms with E-state index in [1.165, 1.54) is 18.5 Å². The van der Waals surface area contributed by atoms with Crippen LogP contribution in [0, 0.1) is 0 Å². The van der Waals surface area contributed by atoms with Crippen LogP contribution in [0.3, 0.4) is 0 Å². The zero-order valence-electron chi connectivity index (χ0n) is 8.44. The molecule has 0 saturated carbocycles. The lowest BCUT2D eigenvalue weighted by Crippen LogP contribution is -2.32. The normalized spacial score (nSPS) is 23.6. The summed E-state index contributed by atoms with van der Waals surface area (Å²) in [4.78, 5) is 4.32. The third-order valence-corrected chi connectivity index (χ3v) is 3.25. The van der Waals surface area contributed by atoms with Gasteiger partial charge in [0.2, 0.25) is 0 Å². The fourth-order valence-corrected chi connectivity index (χ4v) is 2.47. The molecule has 0 aliphatic heterocycles. The second-order valence-electron chi connectivity index (χ2n) is 3.78.